The molecule has 0 fully saturated rings. The van der Waals surface area contributed by atoms with Crippen molar-refractivity contribution < 1.29 is 139 Å². The van der Waals surface area contributed by atoms with Crippen molar-refractivity contribution in [2.45, 2.75) is 97.3 Å². The summed E-state index contributed by atoms with van der Waals surface area (Å²) in [4.78, 5) is 20.9. The van der Waals surface area contributed by atoms with Crippen LogP contribution in [0, 0.1) is 0 Å². The minimum absolute atomic E-state index is 0.0785. The summed E-state index contributed by atoms with van der Waals surface area (Å²) in [5.74, 6) is -74.6. The van der Waals surface area contributed by atoms with Crippen LogP contribution in [0.5, 0.6) is 0 Å². The molecule has 0 radical (unpaired) electrons. The number of hydrogen-bond acceptors (Lipinski definition) is 5. The van der Waals surface area contributed by atoms with Crippen LogP contribution in [0.1, 0.15) is 25.7 Å². The summed E-state index contributed by atoms with van der Waals surface area (Å²) in [5, 5.41) is 16.0. The molecule has 0 aliphatic rings. The van der Waals surface area contributed by atoms with Crippen molar-refractivity contribution in [2.75, 3.05) is 26.4 Å². The second-order valence-electron chi connectivity index (χ2n) is 10.4. The molecule has 0 unspecified atom stereocenters. The minimum Gasteiger partial charge on any atom is -0.396 e. The highest BCUT2D eigenvalue weighted by atomic mass is 19.4. The second kappa shape index (κ2) is 19.3. The standard InChI is InChI=1S/C13H11F13O2.C8H5F13O.C5H8O2/c1-2-7(27)3-5-28-6-4-8(14,15)9(16,17)10(18,19)11(20,21)12(22,23)13(24,25)26;9-3(10,1-2-22)4(11,12)5(13,14)6(15,16)7(17,18)8(19,20)21;1-2-5(7)3-4-6/h2H,1,3-6H2;22H,1-2H2;2,6H,1,3-4H2. The zero-order valence-electron chi connectivity index (χ0n) is 27.2. The lowest BCUT2D eigenvalue weighted by molar-refractivity contribution is -0.440. The molecule has 0 bridgehead atoms. The van der Waals surface area contributed by atoms with Crippen LogP contribution >= 0.6 is 0 Å². The maximum absolute atomic E-state index is 13.3. The predicted molar refractivity (Wildman–Crippen MR) is 135 cm³/mol. The highest BCUT2D eigenvalue weighted by Gasteiger charge is 2.92. The Hall–Kier alpha value is -3.12. The smallest absolute Gasteiger partial charge is 0.396 e. The fraction of sp³-hybridized carbons (Fsp3) is 0.769. The number of carbonyl (C=O) groups is 2. The normalized spacial score (nSPS) is 14.5. The van der Waals surface area contributed by atoms with Crippen LogP contribution in [0.3, 0.4) is 0 Å². The number of ether oxygens (including phenoxy) is 1. The molecule has 0 saturated carbocycles. The van der Waals surface area contributed by atoms with Crippen LogP contribution in [0.2, 0.25) is 0 Å². The van der Waals surface area contributed by atoms with Crippen LogP contribution in [0.25, 0.3) is 0 Å². The maximum Gasteiger partial charge on any atom is 0.460 e. The Morgan fingerprint density at radius 3 is 0.930 bits per heavy atom. The van der Waals surface area contributed by atoms with Gasteiger partial charge in [0.05, 0.1) is 19.8 Å². The Bertz CT molecular complexity index is 1320. The quantitative estimate of drug-likeness (QED) is 0.0723. The van der Waals surface area contributed by atoms with E-state index in [0.29, 0.717) is 0 Å². The molecule has 0 aliphatic heterocycles. The first-order chi connectivity index (χ1) is 24.8. The molecule has 0 aromatic rings. The van der Waals surface area contributed by atoms with Crippen molar-refractivity contribution >= 4 is 11.6 Å². The van der Waals surface area contributed by atoms with Gasteiger partial charge in [0, 0.05) is 32.3 Å². The molecular weight excluding hydrogens is 886 g/mol. The van der Waals surface area contributed by atoms with Gasteiger partial charge in [-0.05, 0) is 12.2 Å². The van der Waals surface area contributed by atoms with Gasteiger partial charge in [0.25, 0.3) is 0 Å². The molecule has 57 heavy (non-hydrogen) atoms. The van der Waals surface area contributed by atoms with Gasteiger partial charge in [-0.1, -0.05) is 13.2 Å². The molecule has 340 valence electrons. The first kappa shape index (κ1) is 58.2. The van der Waals surface area contributed by atoms with Gasteiger partial charge >= 0.3 is 71.6 Å². The average Bonchev–Trinajstić information content (AvgIpc) is 3.03. The highest BCUT2D eigenvalue weighted by Crippen LogP contribution is 2.62. The second-order valence-corrected chi connectivity index (χ2v) is 10.4. The van der Waals surface area contributed by atoms with Crippen molar-refractivity contribution in [3.05, 3.63) is 25.3 Å². The van der Waals surface area contributed by atoms with E-state index in [-0.39, 0.29) is 18.8 Å². The Balaban J connectivity index is -0.000000892. The summed E-state index contributed by atoms with van der Waals surface area (Å²) >= 11 is 0. The van der Waals surface area contributed by atoms with Gasteiger partial charge in [-0.25, -0.2) is 0 Å². The molecule has 2 N–H and O–H groups in total. The molecule has 0 amide bonds. The number of allylic oxidation sites excluding steroid dienone is 2. The van der Waals surface area contributed by atoms with Gasteiger partial charge in [0.15, 0.2) is 11.6 Å². The molecule has 0 atom stereocenters. The molecule has 31 heteroatoms. The number of hydrogen-bond donors (Lipinski definition) is 2. The fourth-order valence-corrected chi connectivity index (χ4v) is 2.85. The van der Waals surface area contributed by atoms with Gasteiger partial charge in [0.1, 0.15) is 0 Å². The number of rotatable bonds is 20. The minimum atomic E-state index is -7.91. The lowest BCUT2D eigenvalue weighted by atomic mass is 9.93. The van der Waals surface area contributed by atoms with Gasteiger partial charge in [-0.15, -0.1) is 0 Å². The number of aliphatic hydroxyl groups excluding tert-OH is 2. The molecule has 0 saturated heterocycles. The van der Waals surface area contributed by atoms with E-state index in [1.165, 1.54) is 6.08 Å². The number of ketones is 2. The van der Waals surface area contributed by atoms with Crippen LogP contribution in [-0.2, 0) is 14.3 Å². The van der Waals surface area contributed by atoms with Crippen LogP contribution in [-0.4, -0.2) is 120 Å². The van der Waals surface area contributed by atoms with E-state index in [1.807, 2.05) is 0 Å². The summed E-state index contributed by atoms with van der Waals surface area (Å²) in [5.41, 5.74) is 0. The van der Waals surface area contributed by atoms with E-state index in [2.05, 4.69) is 17.9 Å². The van der Waals surface area contributed by atoms with Crippen molar-refractivity contribution in [1.29, 1.82) is 0 Å². The average molecular weight is 910 g/mol. The van der Waals surface area contributed by atoms with Crippen molar-refractivity contribution in [1.82, 2.24) is 0 Å². The van der Waals surface area contributed by atoms with Gasteiger partial charge in [-0.2, -0.15) is 114 Å². The topological polar surface area (TPSA) is 83.8 Å². The monoisotopic (exact) mass is 910 g/mol. The van der Waals surface area contributed by atoms with Crippen molar-refractivity contribution in [2.24, 2.45) is 0 Å². The third-order valence-electron chi connectivity index (χ3n) is 6.29. The van der Waals surface area contributed by atoms with Gasteiger partial charge in [0.2, 0.25) is 0 Å². The molecule has 0 rings (SSSR count). The number of aliphatic hydroxyl groups is 2. The first-order valence-electron chi connectivity index (χ1n) is 13.8. The summed E-state index contributed by atoms with van der Waals surface area (Å²) in [7, 11) is 0. The van der Waals surface area contributed by atoms with Crippen LogP contribution in [0.4, 0.5) is 114 Å². The van der Waals surface area contributed by atoms with E-state index in [0.717, 1.165) is 6.08 Å². The maximum atomic E-state index is 13.3. The fourth-order valence-electron chi connectivity index (χ4n) is 2.85. The highest BCUT2D eigenvalue weighted by molar-refractivity contribution is 5.89. The number of alkyl halides is 26. The van der Waals surface area contributed by atoms with Gasteiger partial charge in [-0.3, -0.25) is 9.59 Å². The SMILES string of the molecule is C=CC(=O)CCO.C=CC(=O)CCOCCC(F)(F)C(F)(F)C(F)(F)C(F)(F)C(F)(F)C(F)(F)F.OCCC(F)(F)C(F)(F)C(F)(F)C(F)(F)C(F)(F)C(F)(F)F. The van der Waals surface area contributed by atoms with E-state index in [9.17, 15) is 124 Å². The predicted octanol–water partition coefficient (Wildman–Crippen LogP) is 9.51. The molecular formula is C26H24F26O5. The van der Waals surface area contributed by atoms with Crippen LogP contribution in [0.15, 0.2) is 25.3 Å². The van der Waals surface area contributed by atoms with Crippen LogP contribution < -0.4 is 0 Å². The third kappa shape index (κ3) is 12.0. The third-order valence-corrected chi connectivity index (χ3v) is 6.29. The largest absolute Gasteiger partial charge is 0.460 e. The summed E-state index contributed by atoms with van der Waals surface area (Å²) in [6.07, 6.45) is -18.2. The van der Waals surface area contributed by atoms with E-state index >= 15 is 0 Å². The van der Waals surface area contributed by atoms with Crippen molar-refractivity contribution in [3.63, 3.8) is 0 Å². The van der Waals surface area contributed by atoms with E-state index in [1.54, 1.807) is 0 Å². The summed E-state index contributed by atoms with van der Waals surface area (Å²) in [6.45, 7) is 1.94. The first-order valence-corrected chi connectivity index (χ1v) is 13.8. The zero-order chi connectivity index (χ0) is 46.9. The Morgan fingerprint density at radius 1 is 0.404 bits per heavy atom. The number of halogens is 26. The Kier molecular flexibility index (Phi) is 19.7. The van der Waals surface area contributed by atoms with E-state index in [4.69, 9.17) is 10.2 Å². The molecule has 0 aliphatic carbocycles. The zero-order valence-corrected chi connectivity index (χ0v) is 27.2. The Morgan fingerprint density at radius 2 is 0.684 bits per heavy atom. The van der Waals surface area contributed by atoms with Crippen molar-refractivity contribution in [3.8, 4) is 0 Å². The summed E-state index contributed by atoms with van der Waals surface area (Å²) in [6, 6.07) is 0. The Labute approximate surface area is 300 Å². The number of carbonyl (C=O) groups excluding carboxylic acids is 2. The van der Waals surface area contributed by atoms with Gasteiger partial charge < -0.3 is 14.9 Å². The molecule has 0 heterocycles. The summed E-state index contributed by atoms with van der Waals surface area (Å²) < 4.78 is 332. The van der Waals surface area contributed by atoms with E-state index < -0.39 is 116 Å². The molecule has 5 nitrogen and oxygen atoms in total. The molecule has 0 aromatic carbocycles. The molecule has 0 aromatic heterocycles. The lowest BCUT2D eigenvalue weighted by Gasteiger charge is -2.39. The lowest BCUT2D eigenvalue weighted by Crippen LogP contribution is -2.70. The molecule has 0 spiro atoms.